The Balaban J connectivity index is 1.71. The quantitative estimate of drug-likeness (QED) is 0.506. The number of nitrogens with one attached hydrogen (secondary N) is 1. The molecule has 0 saturated heterocycles. The van der Waals surface area contributed by atoms with Gasteiger partial charge in [-0.1, -0.05) is 30.3 Å². The summed E-state index contributed by atoms with van der Waals surface area (Å²) in [5.74, 6) is -1.82. The molecule has 0 aliphatic carbocycles. The Labute approximate surface area is 158 Å². The van der Waals surface area contributed by atoms with E-state index in [9.17, 15) is 13.2 Å². The largest absolute Gasteiger partial charge is 0.418 e. The van der Waals surface area contributed by atoms with Crippen LogP contribution in [0, 0.1) is 17.5 Å². The molecule has 4 nitrogen and oxygen atoms in total. The summed E-state index contributed by atoms with van der Waals surface area (Å²) in [6.45, 7) is 0. The minimum absolute atomic E-state index is 0.204. The minimum Gasteiger partial charge on any atom is -0.418 e. The third-order valence-corrected chi connectivity index (χ3v) is 4.14. The molecule has 0 aliphatic rings. The number of aromatic nitrogens is 2. The van der Waals surface area contributed by atoms with Crippen LogP contribution in [0.1, 0.15) is 17.5 Å². The Kier molecular flexibility index (Phi) is 4.80. The Hall–Kier alpha value is -3.61. The first kappa shape index (κ1) is 17.8. The molecule has 28 heavy (non-hydrogen) atoms. The highest BCUT2D eigenvalue weighted by molar-refractivity contribution is 5.52. The van der Waals surface area contributed by atoms with Crippen molar-refractivity contribution in [1.82, 2.24) is 10.2 Å². The number of hydrogen-bond donors (Lipinski definition) is 1. The monoisotopic (exact) mass is 381 g/mol. The van der Waals surface area contributed by atoms with Gasteiger partial charge >= 0.3 is 0 Å². The van der Waals surface area contributed by atoms with Gasteiger partial charge in [-0.05, 0) is 42.0 Å². The summed E-state index contributed by atoms with van der Waals surface area (Å²) < 4.78 is 46.0. The van der Waals surface area contributed by atoms with Crippen LogP contribution in [0.3, 0.4) is 0 Å². The molecule has 0 bridgehead atoms. The zero-order valence-corrected chi connectivity index (χ0v) is 14.4. The molecule has 0 saturated carbocycles. The second kappa shape index (κ2) is 7.56. The average molecular weight is 381 g/mol. The Morgan fingerprint density at radius 3 is 2.25 bits per heavy atom. The van der Waals surface area contributed by atoms with E-state index < -0.39 is 23.5 Å². The number of anilines is 1. The molecule has 4 rings (SSSR count). The van der Waals surface area contributed by atoms with Gasteiger partial charge in [-0.3, -0.25) is 0 Å². The number of nitrogens with zero attached hydrogens (tertiary/aromatic N) is 2. The van der Waals surface area contributed by atoms with Crippen molar-refractivity contribution in [3.8, 4) is 11.5 Å². The number of rotatable bonds is 5. The first-order valence-electron chi connectivity index (χ1n) is 8.46. The van der Waals surface area contributed by atoms with Crippen LogP contribution in [0.5, 0.6) is 0 Å². The van der Waals surface area contributed by atoms with E-state index in [0.717, 1.165) is 17.7 Å². The molecule has 1 aromatic heterocycles. The first-order chi connectivity index (χ1) is 13.6. The number of hydrogen-bond acceptors (Lipinski definition) is 4. The van der Waals surface area contributed by atoms with Gasteiger partial charge in [-0.2, -0.15) is 0 Å². The average Bonchev–Trinajstić information content (AvgIpc) is 3.20. The fourth-order valence-electron chi connectivity index (χ4n) is 2.74. The molecule has 1 N–H and O–H groups in total. The zero-order chi connectivity index (χ0) is 19.5. The highest BCUT2D eigenvalue weighted by atomic mass is 19.2. The fraction of sp³-hybridized carbons (Fsp3) is 0.0476. The van der Waals surface area contributed by atoms with Crippen LogP contribution in [0.25, 0.3) is 11.5 Å². The molecule has 0 radical (unpaired) electrons. The van der Waals surface area contributed by atoms with E-state index in [0.29, 0.717) is 17.1 Å². The third-order valence-electron chi connectivity index (χ3n) is 4.14. The molecule has 1 atom stereocenters. The third kappa shape index (κ3) is 3.73. The van der Waals surface area contributed by atoms with E-state index in [-0.39, 0.29) is 5.89 Å². The van der Waals surface area contributed by atoms with Crippen molar-refractivity contribution in [2.24, 2.45) is 0 Å². The van der Waals surface area contributed by atoms with Gasteiger partial charge < -0.3 is 9.73 Å². The summed E-state index contributed by atoms with van der Waals surface area (Å²) >= 11 is 0. The molecule has 0 spiro atoms. The van der Waals surface area contributed by atoms with Crippen LogP contribution < -0.4 is 5.32 Å². The molecule has 3 aromatic carbocycles. The standard InChI is InChI=1S/C21H14F3N3O/c22-15-8-6-13(7-9-15)19(25-16-10-11-17(23)18(24)12-16)21-27-26-20(28-21)14-4-2-1-3-5-14/h1-12,19,25H/t19-/m0/s1. The maximum atomic E-state index is 13.6. The molecular weight excluding hydrogens is 367 g/mol. The maximum absolute atomic E-state index is 13.6. The van der Waals surface area contributed by atoms with Gasteiger partial charge in [0.1, 0.15) is 11.9 Å². The lowest BCUT2D eigenvalue weighted by Crippen LogP contribution is -2.13. The highest BCUT2D eigenvalue weighted by Crippen LogP contribution is 2.29. The summed E-state index contributed by atoms with van der Waals surface area (Å²) in [7, 11) is 0. The van der Waals surface area contributed by atoms with Gasteiger partial charge in [0.2, 0.25) is 11.8 Å². The topological polar surface area (TPSA) is 51.0 Å². The Morgan fingerprint density at radius 1 is 0.786 bits per heavy atom. The van der Waals surface area contributed by atoms with E-state index in [1.165, 1.54) is 18.2 Å². The van der Waals surface area contributed by atoms with Crippen LogP contribution in [-0.4, -0.2) is 10.2 Å². The molecule has 1 heterocycles. The van der Waals surface area contributed by atoms with E-state index >= 15 is 0 Å². The molecule has 140 valence electrons. The van der Waals surface area contributed by atoms with Crippen molar-refractivity contribution in [3.05, 3.63) is 102 Å². The molecule has 4 aromatic rings. The van der Waals surface area contributed by atoms with Crippen LogP contribution >= 0.6 is 0 Å². The van der Waals surface area contributed by atoms with Crippen molar-refractivity contribution in [3.63, 3.8) is 0 Å². The predicted molar refractivity (Wildman–Crippen MR) is 98.0 cm³/mol. The van der Waals surface area contributed by atoms with Crippen molar-refractivity contribution >= 4 is 5.69 Å². The number of benzene rings is 3. The summed E-state index contributed by atoms with van der Waals surface area (Å²) in [6, 6.07) is 17.7. The number of halogens is 3. The van der Waals surface area contributed by atoms with Crippen LogP contribution in [-0.2, 0) is 0 Å². The van der Waals surface area contributed by atoms with E-state index in [2.05, 4.69) is 15.5 Å². The normalized spacial score (nSPS) is 12.0. The summed E-state index contributed by atoms with van der Waals surface area (Å²) in [6.07, 6.45) is 0. The smallest absolute Gasteiger partial charge is 0.247 e. The molecule has 7 heteroatoms. The van der Waals surface area contributed by atoms with Gasteiger partial charge in [0.15, 0.2) is 11.6 Å². The van der Waals surface area contributed by atoms with Gasteiger partial charge in [-0.25, -0.2) is 13.2 Å². The zero-order valence-electron chi connectivity index (χ0n) is 14.4. The van der Waals surface area contributed by atoms with Crippen molar-refractivity contribution < 1.29 is 17.6 Å². The summed E-state index contributed by atoms with van der Waals surface area (Å²) in [5, 5.41) is 11.2. The van der Waals surface area contributed by atoms with Gasteiger partial charge in [0.05, 0.1) is 0 Å². The van der Waals surface area contributed by atoms with Gasteiger partial charge in [-0.15, -0.1) is 10.2 Å². The molecule has 0 fully saturated rings. The van der Waals surface area contributed by atoms with Crippen LogP contribution in [0.15, 0.2) is 77.2 Å². The molecular formula is C21H14F3N3O. The second-order valence-corrected chi connectivity index (χ2v) is 6.07. The first-order valence-corrected chi connectivity index (χ1v) is 8.46. The van der Waals surface area contributed by atoms with Crippen LogP contribution in [0.2, 0.25) is 0 Å². The van der Waals surface area contributed by atoms with E-state index in [4.69, 9.17) is 4.42 Å². The summed E-state index contributed by atoms with van der Waals surface area (Å²) in [5.41, 5.74) is 1.68. The van der Waals surface area contributed by atoms with E-state index in [1.807, 2.05) is 30.3 Å². The molecule has 0 aliphatic heterocycles. The maximum Gasteiger partial charge on any atom is 0.247 e. The minimum atomic E-state index is -0.988. The lowest BCUT2D eigenvalue weighted by atomic mass is 10.1. The van der Waals surface area contributed by atoms with Gasteiger partial charge in [0.25, 0.3) is 0 Å². The van der Waals surface area contributed by atoms with Crippen LogP contribution in [0.4, 0.5) is 18.9 Å². The summed E-state index contributed by atoms with van der Waals surface area (Å²) in [4.78, 5) is 0. The SMILES string of the molecule is Fc1ccc([C@H](Nc2ccc(F)c(F)c2)c2nnc(-c3ccccc3)o2)cc1. The second-order valence-electron chi connectivity index (χ2n) is 6.07. The van der Waals surface area contributed by atoms with Crippen molar-refractivity contribution in [2.45, 2.75) is 6.04 Å². The lowest BCUT2D eigenvalue weighted by Gasteiger charge is -2.17. The Morgan fingerprint density at radius 2 is 1.54 bits per heavy atom. The predicted octanol–water partition coefficient (Wildman–Crippen LogP) is 5.36. The van der Waals surface area contributed by atoms with Gasteiger partial charge in [0, 0.05) is 17.3 Å². The van der Waals surface area contributed by atoms with E-state index in [1.54, 1.807) is 12.1 Å². The highest BCUT2D eigenvalue weighted by Gasteiger charge is 2.22. The Bertz CT molecular complexity index is 1080. The molecule has 0 unspecified atom stereocenters. The lowest BCUT2D eigenvalue weighted by molar-refractivity contribution is 0.492. The van der Waals surface area contributed by atoms with Crippen molar-refractivity contribution in [1.29, 1.82) is 0 Å². The fourth-order valence-corrected chi connectivity index (χ4v) is 2.74. The van der Waals surface area contributed by atoms with Crippen molar-refractivity contribution in [2.75, 3.05) is 5.32 Å². The molecule has 0 amide bonds.